The number of aryl methyl sites for hydroxylation is 2. The maximum absolute atomic E-state index is 13.7. The van der Waals surface area contributed by atoms with Crippen LogP contribution in [0.4, 0.5) is 4.39 Å². The molecule has 110 valence electrons. The molecule has 0 amide bonds. The molecular formula is C14H12Cl2FN3S. The molecule has 7 heteroatoms. The summed E-state index contributed by atoms with van der Waals surface area (Å²) >= 11 is 13.6. The van der Waals surface area contributed by atoms with Crippen molar-refractivity contribution in [2.24, 2.45) is 0 Å². The predicted octanol–water partition coefficient (Wildman–Crippen LogP) is 4.83. The van der Waals surface area contributed by atoms with Gasteiger partial charge in [-0.1, -0.05) is 11.6 Å². The van der Waals surface area contributed by atoms with Gasteiger partial charge in [-0.05, 0) is 13.0 Å². The Morgan fingerprint density at radius 2 is 2.24 bits per heavy atom. The van der Waals surface area contributed by atoms with E-state index < -0.39 is 5.82 Å². The first-order valence-corrected chi connectivity index (χ1v) is 8.18. The third-order valence-corrected chi connectivity index (χ3v) is 4.37. The molecule has 3 aromatic rings. The highest BCUT2D eigenvalue weighted by Gasteiger charge is 2.17. The summed E-state index contributed by atoms with van der Waals surface area (Å²) in [4.78, 5) is 8.73. The number of imidazole rings is 1. The van der Waals surface area contributed by atoms with Gasteiger partial charge in [0.15, 0.2) is 0 Å². The molecule has 0 radical (unpaired) electrons. The van der Waals surface area contributed by atoms with Gasteiger partial charge in [0.1, 0.15) is 11.6 Å². The Hall–Kier alpha value is -1.17. The van der Waals surface area contributed by atoms with E-state index in [4.69, 9.17) is 23.2 Å². The fourth-order valence-corrected chi connectivity index (χ4v) is 3.18. The summed E-state index contributed by atoms with van der Waals surface area (Å²) in [6, 6.07) is 2.95. The Labute approximate surface area is 135 Å². The van der Waals surface area contributed by atoms with Crippen LogP contribution in [-0.4, -0.2) is 14.5 Å². The number of thiazole rings is 1. The van der Waals surface area contributed by atoms with Crippen molar-refractivity contribution in [2.75, 3.05) is 0 Å². The second kappa shape index (κ2) is 5.91. The summed E-state index contributed by atoms with van der Waals surface area (Å²) in [7, 11) is 0. The van der Waals surface area contributed by atoms with Crippen LogP contribution in [0, 0.1) is 5.82 Å². The highest BCUT2D eigenvalue weighted by Crippen LogP contribution is 2.28. The fourth-order valence-electron chi connectivity index (χ4n) is 2.26. The number of nitrogens with zero attached hydrogens (tertiary/aromatic N) is 3. The Kier molecular flexibility index (Phi) is 4.15. The molecule has 3 rings (SSSR count). The van der Waals surface area contributed by atoms with Crippen molar-refractivity contribution in [3.05, 3.63) is 45.4 Å². The maximum Gasteiger partial charge on any atom is 0.144 e. The van der Waals surface area contributed by atoms with Crippen molar-refractivity contribution < 1.29 is 4.39 Å². The van der Waals surface area contributed by atoms with E-state index in [0.717, 1.165) is 12.1 Å². The lowest BCUT2D eigenvalue weighted by atomic mass is 10.3. The van der Waals surface area contributed by atoms with Crippen molar-refractivity contribution >= 4 is 45.6 Å². The Morgan fingerprint density at radius 1 is 1.43 bits per heavy atom. The summed E-state index contributed by atoms with van der Waals surface area (Å²) in [5, 5.41) is 1.80. The van der Waals surface area contributed by atoms with Crippen molar-refractivity contribution in [3.8, 4) is 0 Å². The average molecular weight is 344 g/mol. The van der Waals surface area contributed by atoms with Crippen LogP contribution >= 0.6 is 34.5 Å². The molecule has 1 aromatic carbocycles. The molecule has 3 nitrogen and oxygen atoms in total. The normalized spacial score (nSPS) is 13.0. The smallest absolute Gasteiger partial charge is 0.144 e. The van der Waals surface area contributed by atoms with Gasteiger partial charge in [-0.25, -0.2) is 14.4 Å². The largest absolute Gasteiger partial charge is 0.326 e. The van der Waals surface area contributed by atoms with Crippen LogP contribution in [0.25, 0.3) is 11.0 Å². The molecule has 1 atom stereocenters. The molecule has 0 saturated carbocycles. The van der Waals surface area contributed by atoms with Gasteiger partial charge in [0.05, 0.1) is 32.6 Å². The van der Waals surface area contributed by atoms with Crippen molar-refractivity contribution in [3.63, 3.8) is 0 Å². The standard InChI is InChI=1S/C14H12Cl2FN3S/c1-8(15)14-19-12-4-10(16)11(17)5-13(12)20(14)3-2-9-6-21-7-18-9/h4-8H,2-3H2,1H3. The van der Waals surface area contributed by atoms with Gasteiger partial charge >= 0.3 is 0 Å². The Balaban J connectivity index is 2.04. The third kappa shape index (κ3) is 2.91. The van der Waals surface area contributed by atoms with E-state index in [9.17, 15) is 4.39 Å². The second-order valence-electron chi connectivity index (χ2n) is 4.72. The van der Waals surface area contributed by atoms with Gasteiger partial charge in [-0.15, -0.1) is 22.9 Å². The maximum atomic E-state index is 13.7. The average Bonchev–Trinajstić information content (AvgIpc) is 3.05. The molecule has 0 N–H and O–H groups in total. The zero-order valence-corrected chi connectivity index (χ0v) is 13.5. The summed E-state index contributed by atoms with van der Waals surface area (Å²) in [6.07, 6.45) is 0.746. The van der Waals surface area contributed by atoms with E-state index in [1.54, 1.807) is 16.8 Å². The highest BCUT2D eigenvalue weighted by atomic mass is 35.5. The number of aromatic nitrogens is 3. The van der Waals surface area contributed by atoms with Crippen LogP contribution < -0.4 is 0 Å². The second-order valence-corrected chi connectivity index (χ2v) is 6.50. The van der Waals surface area contributed by atoms with Crippen LogP contribution in [0.1, 0.15) is 23.8 Å². The van der Waals surface area contributed by atoms with Crippen LogP contribution in [0.5, 0.6) is 0 Å². The molecule has 0 fully saturated rings. The number of halogens is 3. The van der Waals surface area contributed by atoms with Crippen LogP contribution in [-0.2, 0) is 13.0 Å². The highest BCUT2D eigenvalue weighted by molar-refractivity contribution is 7.07. The topological polar surface area (TPSA) is 30.7 Å². The molecule has 1 unspecified atom stereocenters. The fraction of sp³-hybridized carbons (Fsp3) is 0.286. The number of hydrogen-bond acceptors (Lipinski definition) is 3. The van der Waals surface area contributed by atoms with Crippen molar-refractivity contribution in [1.82, 2.24) is 14.5 Å². The molecule has 0 aliphatic rings. The van der Waals surface area contributed by atoms with Crippen LogP contribution in [0.15, 0.2) is 23.0 Å². The molecule has 21 heavy (non-hydrogen) atoms. The third-order valence-electron chi connectivity index (χ3n) is 3.25. The molecule has 0 aliphatic heterocycles. The van der Waals surface area contributed by atoms with E-state index in [0.29, 0.717) is 23.4 Å². The first kappa shape index (κ1) is 14.8. The lowest BCUT2D eigenvalue weighted by Gasteiger charge is -2.09. The first-order valence-electron chi connectivity index (χ1n) is 6.42. The van der Waals surface area contributed by atoms with Crippen LogP contribution in [0.2, 0.25) is 5.02 Å². The minimum atomic E-state index is -0.451. The molecule has 0 saturated heterocycles. The Morgan fingerprint density at radius 3 is 2.90 bits per heavy atom. The molecule has 2 heterocycles. The summed E-state index contributed by atoms with van der Waals surface area (Å²) in [6.45, 7) is 2.49. The first-order chi connectivity index (χ1) is 10.1. The van der Waals surface area contributed by atoms with E-state index in [1.807, 2.05) is 16.9 Å². The van der Waals surface area contributed by atoms with E-state index >= 15 is 0 Å². The van der Waals surface area contributed by atoms with Gasteiger partial charge in [-0.3, -0.25) is 0 Å². The lowest BCUT2D eigenvalue weighted by Crippen LogP contribution is -2.07. The number of alkyl halides is 1. The van der Waals surface area contributed by atoms with E-state index in [-0.39, 0.29) is 10.4 Å². The van der Waals surface area contributed by atoms with E-state index in [1.165, 1.54) is 12.1 Å². The predicted molar refractivity (Wildman–Crippen MR) is 84.8 cm³/mol. The molecule has 0 spiro atoms. The van der Waals surface area contributed by atoms with Gasteiger partial charge in [0, 0.05) is 24.4 Å². The summed E-state index contributed by atoms with van der Waals surface area (Å²) in [5.74, 6) is 0.260. The lowest BCUT2D eigenvalue weighted by molar-refractivity contribution is 0.625. The zero-order valence-electron chi connectivity index (χ0n) is 11.2. The van der Waals surface area contributed by atoms with Crippen LogP contribution in [0.3, 0.4) is 0 Å². The summed E-state index contributed by atoms with van der Waals surface area (Å²) in [5.41, 5.74) is 4.16. The summed E-state index contributed by atoms with van der Waals surface area (Å²) < 4.78 is 15.7. The molecule has 0 aliphatic carbocycles. The van der Waals surface area contributed by atoms with E-state index in [2.05, 4.69) is 9.97 Å². The number of benzene rings is 1. The number of fused-ring (bicyclic) bond motifs is 1. The zero-order chi connectivity index (χ0) is 15.0. The molecular weight excluding hydrogens is 332 g/mol. The Bertz CT molecular complexity index is 768. The van der Waals surface area contributed by atoms with Gasteiger partial charge < -0.3 is 4.57 Å². The van der Waals surface area contributed by atoms with Gasteiger partial charge in [0.2, 0.25) is 0 Å². The van der Waals surface area contributed by atoms with Gasteiger partial charge in [-0.2, -0.15) is 0 Å². The molecule has 2 aromatic heterocycles. The number of rotatable bonds is 4. The van der Waals surface area contributed by atoms with Crippen molar-refractivity contribution in [2.45, 2.75) is 25.3 Å². The quantitative estimate of drug-likeness (QED) is 0.635. The van der Waals surface area contributed by atoms with Crippen molar-refractivity contribution in [1.29, 1.82) is 0 Å². The SMILES string of the molecule is CC(Cl)c1nc2cc(Cl)c(F)cc2n1CCc1cscn1. The monoisotopic (exact) mass is 343 g/mol. The minimum Gasteiger partial charge on any atom is -0.326 e. The molecule has 0 bridgehead atoms. The van der Waals surface area contributed by atoms with Gasteiger partial charge in [0.25, 0.3) is 0 Å². The number of hydrogen-bond donors (Lipinski definition) is 0. The minimum absolute atomic E-state index is 0.0698.